The number of aromatic amines is 1. The maximum Gasteiger partial charge on any atom is 0.196 e. The summed E-state index contributed by atoms with van der Waals surface area (Å²) in [6, 6.07) is 33.6. The van der Waals surface area contributed by atoms with Crippen molar-refractivity contribution in [2.75, 3.05) is 11.9 Å². The van der Waals surface area contributed by atoms with Crippen molar-refractivity contribution in [3.63, 3.8) is 0 Å². The van der Waals surface area contributed by atoms with Gasteiger partial charge in [0.25, 0.3) is 0 Å². The molecule has 5 nitrogen and oxygen atoms in total. The van der Waals surface area contributed by atoms with Crippen LogP contribution in [-0.2, 0) is 6.42 Å². The Morgan fingerprint density at radius 3 is 2.59 bits per heavy atom. The fourth-order valence-corrected chi connectivity index (χ4v) is 4.68. The molecule has 0 saturated heterocycles. The number of para-hydroxylation sites is 3. The quantitative estimate of drug-likeness (QED) is 0.223. The number of hydrogen-bond donors (Lipinski definition) is 2. The Balaban J connectivity index is 1.17. The van der Waals surface area contributed by atoms with Crippen molar-refractivity contribution in [2.45, 2.75) is 6.42 Å². The lowest BCUT2D eigenvalue weighted by Crippen LogP contribution is -2.06. The highest BCUT2D eigenvalue weighted by Gasteiger charge is 2.14. The Morgan fingerprint density at radius 1 is 0.838 bits per heavy atom. The third-order valence-electron chi connectivity index (χ3n) is 6.48. The number of carbonyl (C=O) groups is 1. The van der Waals surface area contributed by atoms with Gasteiger partial charge in [0.1, 0.15) is 5.75 Å². The number of H-pyrrole nitrogens is 1. The molecule has 0 saturated carbocycles. The van der Waals surface area contributed by atoms with Crippen LogP contribution in [-0.4, -0.2) is 22.4 Å². The molecule has 0 aliphatic heterocycles. The summed E-state index contributed by atoms with van der Waals surface area (Å²) < 4.78 is 6.13. The number of aromatic nitrogens is 2. The first kappa shape index (κ1) is 22.6. The van der Waals surface area contributed by atoms with Crippen LogP contribution in [0, 0.1) is 0 Å². The van der Waals surface area contributed by atoms with Crippen LogP contribution in [0.1, 0.15) is 21.5 Å². The van der Waals surface area contributed by atoms with Gasteiger partial charge in [-0.05, 0) is 48.0 Å². The Bertz CT molecular complexity index is 1710. The van der Waals surface area contributed by atoms with Gasteiger partial charge < -0.3 is 15.0 Å². The highest BCUT2D eigenvalue weighted by atomic mass is 16.5. The molecule has 0 atom stereocenters. The molecule has 6 rings (SSSR count). The van der Waals surface area contributed by atoms with E-state index in [2.05, 4.69) is 57.7 Å². The van der Waals surface area contributed by atoms with Gasteiger partial charge in [0.05, 0.1) is 6.61 Å². The molecule has 0 unspecified atom stereocenters. The summed E-state index contributed by atoms with van der Waals surface area (Å²) in [6.07, 6.45) is 4.03. The zero-order chi connectivity index (χ0) is 25.0. The van der Waals surface area contributed by atoms with Crippen molar-refractivity contribution < 1.29 is 9.53 Å². The molecule has 0 bridgehead atoms. The van der Waals surface area contributed by atoms with Crippen molar-refractivity contribution in [2.24, 2.45) is 0 Å². The number of nitrogens with one attached hydrogen (secondary N) is 2. The number of anilines is 2. The topological polar surface area (TPSA) is 67.0 Å². The Labute approximate surface area is 214 Å². The molecule has 6 aromatic rings. The molecule has 0 fully saturated rings. The maximum atomic E-state index is 13.0. The van der Waals surface area contributed by atoms with Crippen LogP contribution in [0.25, 0.3) is 21.8 Å². The van der Waals surface area contributed by atoms with Crippen LogP contribution in [0.4, 0.5) is 11.4 Å². The molecule has 0 aliphatic carbocycles. The number of ether oxygens (including phenoxy) is 1. The second kappa shape index (κ2) is 9.99. The van der Waals surface area contributed by atoms with Gasteiger partial charge in [0.15, 0.2) is 5.78 Å². The van der Waals surface area contributed by atoms with Gasteiger partial charge in [0, 0.05) is 69.2 Å². The van der Waals surface area contributed by atoms with E-state index < -0.39 is 0 Å². The first-order chi connectivity index (χ1) is 18.3. The SMILES string of the molecule is O=C(c1cccnc1)c1ccccc1Nc1cccc(OCCc2cccc3c2[nH]c2ccccc23)c1. The van der Waals surface area contributed by atoms with Crippen molar-refractivity contribution in [1.29, 1.82) is 0 Å². The molecular weight excluding hydrogens is 458 g/mol. The van der Waals surface area contributed by atoms with E-state index in [-0.39, 0.29) is 5.78 Å². The lowest BCUT2D eigenvalue weighted by molar-refractivity contribution is 0.103. The summed E-state index contributed by atoms with van der Waals surface area (Å²) >= 11 is 0. The van der Waals surface area contributed by atoms with Gasteiger partial charge in [-0.25, -0.2) is 0 Å². The third kappa shape index (κ3) is 4.67. The molecule has 2 aromatic heterocycles. The van der Waals surface area contributed by atoms with Crippen LogP contribution >= 0.6 is 0 Å². The summed E-state index contributed by atoms with van der Waals surface area (Å²) in [5, 5.41) is 5.86. The van der Waals surface area contributed by atoms with Crippen LogP contribution in [0.5, 0.6) is 5.75 Å². The Morgan fingerprint density at radius 2 is 1.68 bits per heavy atom. The van der Waals surface area contributed by atoms with Crippen LogP contribution in [0.15, 0.2) is 116 Å². The summed E-state index contributed by atoms with van der Waals surface area (Å²) in [5.74, 6) is 0.694. The third-order valence-corrected chi connectivity index (χ3v) is 6.48. The van der Waals surface area contributed by atoms with Gasteiger partial charge in [0.2, 0.25) is 0 Å². The second-order valence-corrected chi connectivity index (χ2v) is 8.88. The molecule has 2 N–H and O–H groups in total. The van der Waals surface area contributed by atoms with Gasteiger partial charge in [-0.1, -0.05) is 54.6 Å². The molecular formula is C32H25N3O2. The minimum absolute atomic E-state index is 0.0743. The van der Waals surface area contributed by atoms with Gasteiger partial charge in [-0.15, -0.1) is 0 Å². The lowest BCUT2D eigenvalue weighted by Gasteiger charge is -2.13. The number of pyridine rings is 1. The highest BCUT2D eigenvalue weighted by molar-refractivity contribution is 6.12. The van der Waals surface area contributed by atoms with E-state index in [0.29, 0.717) is 17.7 Å². The standard InChI is InChI=1S/C32H25N3O2/c36-32(23-9-7-18-33-21-23)28-13-2-4-16-30(28)34-24-10-6-11-25(20-24)37-19-17-22-8-5-14-27-26-12-1-3-15-29(26)35-31(22)27/h1-16,18,20-21,34-35H,17,19H2. The maximum absolute atomic E-state index is 13.0. The molecule has 180 valence electrons. The molecule has 0 spiro atoms. The first-order valence-electron chi connectivity index (χ1n) is 12.3. The lowest BCUT2D eigenvalue weighted by atomic mass is 10.0. The first-order valence-corrected chi connectivity index (χ1v) is 12.3. The number of hydrogen-bond acceptors (Lipinski definition) is 4. The Hall–Kier alpha value is -4.90. The molecule has 37 heavy (non-hydrogen) atoms. The van der Waals surface area contributed by atoms with Crippen molar-refractivity contribution in [1.82, 2.24) is 9.97 Å². The number of rotatable bonds is 8. The predicted molar refractivity (Wildman–Crippen MR) is 149 cm³/mol. The average Bonchev–Trinajstić information content (AvgIpc) is 3.33. The number of benzene rings is 4. The summed E-state index contributed by atoms with van der Waals surface area (Å²) in [7, 11) is 0. The zero-order valence-electron chi connectivity index (χ0n) is 20.1. The van der Waals surface area contributed by atoms with Gasteiger partial charge in [-0.3, -0.25) is 9.78 Å². The summed E-state index contributed by atoms with van der Waals surface area (Å²) in [5.41, 5.74) is 6.27. The molecule has 4 aromatic carbocycles. The van der Waals surface area contributed by atoms with Crippen LogP contribution < -0.4 is 10.1 Å². The van der Waals surface area contributed by atoms with Crippen molar-refractivity contribution in [3.8, 4) is 5.75 Å². The predicted octanol–water partition coefficient (Wildman–Crippen LogP) is 7.31. The smallest absolute Gasteiger partial charge is 0.196 e. The second-order valence-electron chi connectivity index (χ2n) is 8.88. The average molecular weight is 484 g/mol. The molecule has 0 aliphatic rings. The van der Waals surface area contributed by atoms with E-state index in [1.54, 1.807) is 24.5 Å². The van der Waals surface area contributed by atoms with E-state index >= 15 is 0 Å². The molecule has 0 amide bonds. The molecule has 2 heterocycles. The normalized spacial score (nSPS) is 11.0. The van der Waals surface area contributed by atoms with E-state index in [0.717, 1.165) is 34.6 Å². The minimum Gasteiger partial charge on any atom is -0.493 e. The fourth-order valence-electron chi connectivity index (χ4n) is 4.68. The molecule has 0 radical (unpaired) electrons. The largest absolute Gasteiger partial charge is 0.493 e. The summed E-state index contributed by atoms with van der Waals surface area (Å²) in [4.78, 5) is 20.7. The monoisotopic (exact) mass is 483 g/mol. The Kier molecular flexibility index (Phi) is 6.09. The van der Waals surface area contributed by atoms with Crippen molar-refractivity contribution >= 4 is 39.0 Å². The number of nitrogens with zero attached hydrogens (tertiary/aromatic N) is 1. The van der Waals surface area contributed by atoms with Gasteiger partial charge >= 0.3 is 0 Å². The van der Waals surface area contributed by atoms with E-state index in [9.17, 15) is 4.79 Å². The van der Waals surface area contributed by atoms with E-state index in [1.165, 1.54) is 16.3 Å². The van der Waals surface area contributed by atoms with Crippen molar-refractivity contribution in [3.05, 3.63) is 132 Å². The highest BCUT2D eigenvalue weighted by Crippen LogP contribution is 2.29. The zero-order valence-corrected chi connectivity index (χ0v) is 20.1. The number of carbonyl (C=O) groups excluding carboxylic acids is 1. The fraction of sp³-hybridized carbons (Fsp3) is 0.0625. The molecule has 5 heteroatoms. The number of fused-ring (bicyclic) bond motifs is 3. The van der Waals surface area contributed by atoms with Crippen LogP contribution in [0.2, 0.25) is 0 Å². The number of ketones is 1. The van der Waals surface area contributed by atoms with E-state index in [1.807, 2.05) is 48.5 Å². The van der Waals surface area contributed by atoms with E-state index in [4.69, 9.17) is 4.74 Å². The summed E-state index contributed by atoms with van der Waals surface area (Å²) in [6.45, 7) is 0.550. The minimum atomic E-state index is -0.0743. The van der Waals surface area contributed by atoms with Gasteiger partial charge in [-0.2, -0.15) is 0 Å². The van der Waals surface area contributed by atoms with Crippen LogP contribution in [0.3, 0.4) is 0 Å².